The van der Waals surface area contributed by atoms with Crippen molar-refractivity contribution >= 4 is 17.4 Å². The molecule has 4 nitrogen and oxygen atoms in total. The fraction of sp³-hybridized carbons (Fsp3) is 0.400. The topological polar surface area (TPSA) is 69.2 Å². The molecule has 82 valence electrons. The molecule has 15 heavy (non-hydrogen) atoms. The minimum absolute atomic E-state index is 0.144. The lowest BCUT2D eigenvalue weighted by Gasteiger charge is -2.00. The fourth-order valence-corrected chi connectivity index (χ4v) is 2.03. The van der Waals surface area contributed by atoms with Crippen LogP contribution in [0.3, 0.4) is 0 Å². The number of nitro groups is 1. The number of hydrogen-bond acceptors (Lipinski definition) is 4. The molecule has 0 aromatic heterocycles. The van der Waals surface area contributed by atoms with E-state index in [2.05, 4.69) is 0 Å². The molecule has 1 aromatic carbocycles. The van der Waals surface area contributed by atoms with E-state index in [1.807, 2.05) is 0 Å². The second-order valence-electron chi connectivity index (χ2n) is 3.12. The third-order valence-electron chi connectivity index (χ3n) is 1.91. The van der Waals surface area contributed by atoms with Crippen LogP contribution in [0.1, 0.15) is 12.0 Å². The summed E-state index contributed by atoms with van der Waals surface area (Å²) in [4.78, 5) is 10.0. The Hall–Kier alpha value is -1.07. The molecule has 0 atom stereocenters. The molecule has 5 heteroatoms. The molecular formula is C10H14N2O2S. The van der Waals surface area contributed by atoms with Gasteiger partial charge in [-0.05, 0) is 24.3 Å². The molecule has 1 aromatic rings. The maximum atomic E-state index is 10.4. The summed E-state index contributed by atoms with van der Waals surface area (Å²) in [6.07, 6.45) is 1.01. The van der Waals surface area contributed by atoms with Crippen molar-refractivity contribution in [2.45, 2.75) is 12.2 Å². The van der Waals surface area contributed by atoms with E-state index in [1.54, 1.807) is 36.0 Å². The third-order valence-corrected chi connectivity index (χ3v) is 3.02. The number of rotatable bonds is 6. The van der Waals surface area contributed by atoms with Gasteiger partial charge in [0.05, 0.1) is 4.92 Å². The predicted octanol–water partition coefficient (Wildman–Crippen LogP) is 2.18. The molecule has 0 saturated heterocycles. The highest BCUT2D eigenvalue weighted by Crippen LogP contribution is 2.16. The number of hydrogen-bond donors (Lipinski definition) is 1. The SMILES string of the molecule is NCCCSCc1ccc([N+](=O)[O-])cc1. The predicted molar refractivity (Wildman–Crippen MR) is 62.9 cm³/mol. The summed E-state index contributed by atoms with van der Waals surface area (Å²) in [5.74, 6) is 1.92. The number of nitrogens with zero attached hydrogens (tertiary/aromatic N) is 1. The summed E-state index contributed by atoms with van der Waals surface area (Å²) in [6, 6.07) is 6.68. The summed E-state index contributed by atoms with van der Waals surface area (Å²) in [5.41, 5.74) is 6.63. The summed E-state index contributed by atoms with van der Waals surface area (Å²) < 4.78 is 0. The van der Waals surface area contributed by atoms with Crippen LogP contribution in [0, 0.1) is 10.1 Å². The molecule has 0 fully saturated rings. The zero-order chi connectivity index (χ0) is 11.1. The molecule has 1 rings (SSSR count). The zero-order valence-corrected chi connectivity index (χ0v) is 9.20. The van der Waals surface area contributed by atoms with Crippen LogP contribution in [0.15, 0.2) is 24.3 Å². The average molecular weight is 226 g/mol. The molecule has 0 heterocycles. The highest BCUT2D eigenvalue weighted by Gasteiger charge is 2.03. The number of thioether (sulfide) groups is 1. The lowest BCUT2D eigenvalue weighted by molar-refractivity contribution is -0.384. The van der Waals surface area contributed by atoms with Crippen molar-refractivity contribution in [1.82, 2.24) is 0 Å². The van der Waals surface area contributed by atoms with Crippen LogP contribution in [0.25, 0.3) is 0 Å². The minimum Gasteiger partial charge on any atom is -0.330 e. The summed E-state index contributed by atoms with van der Waals surface area (Å²) in [5, 5.41) is 10.4. The van der Waals surface area contributed by atoms with Crippen molar-refractivity contribution in [1.29, 1.82) is 0 Å². The number of nitrogens with two attached hydrogens (primary N) is 1. The number of benzene rings is 1. The average Bonchev–Trinajstić information content (AvgIpc) is 2.25. The van der Waals surface area contributed by atoms with E-state index in [9.17, 15) is 10.1 Å². The monoisotopic (exact) mass is 226 g/mol. The molecule has 0 radical (unpaired) electrons. The maximum Gasteiger partial charge on any atom is 0.269 e. The van der Waals surface area contributed by atoms with Gasteiger partial charge in [-0.25, -0.2) is 0 Å². The van der Waals surface area contributed by atoms with Crippen molar-refractivity contribution in [2.24, 2.45) is 5.73 Å². The second kappa shape index (κ2) is 6.42. The lowest BCUT2D eigenvalue weighted by Crippen LogP contribution is -1.99. The Kier molecular flexibility index (Phi) is 5.14. The smallest absolute Gasteiger partial charge is 0.269 e. The van der Waals surface area contributed by atoms with Gasteiger partial charge in [-0.1, -0.05) is 12.1 Å². The Bertz CT molecular complexity index is 314. The Morgan fingerprint density at radius 3 is 2.53 bits per heavy atom. The van der Waals surface area contributed by atoms with E-state index < -0.39 is 0 Å². The maximum absolute atomic E-state index is 10.4. The standard InChI is InChI=1S/C10H14N2O2S/c11-6-1-7-15-8-9-2-4-10(5-3-9)12(13)14/h2-5H,1,6-8,11H2. The van der Waals surface area contributed by atoms with E-state index in [0.717, 1.165) is 23.5 Å². The molecule has 0 saturated carbocycles. The van der Waals surface area contributed by atoms with Crippen LogP contribution in [-0.2, 0) is 5.75 Å². The largest absolute Gasteiger partial charge is 0.330 e. The van der Waals surface area contributed by atoms with Crippen molar-refractivity contribution < 1.29 is 4.92 Å². The van der Waals surface area contributed by atoms with Crippen LogP contribution in [-0.4, -0.2) is 17.2 Å². The first-order valence-corrected chi connectivity index (χ1v) is 5.90. The van der Waals surface area contributed by atoms with Crippen molar-refractivity contribution in [3.05, 3.63) is 39.9 Å². The fourth-order valence-electron chi connectivity index (χ4n) is 1.09. The van der Waals surface area contributed by atoms with Crippen molar-refractivity contribution in [3.8, 4) is 0 Å². The van der Waals surface area contributed by atoms with Crippen LogP contribution >= 0.6 is 11.8 Å². The van der Waals surface area contributed by atoms with Gasteiger partial charge < -0.3 is 5.73 Å². The van der Waals surface area contributed by atoms with Gasteiger partial charge in [0.2, 0.25) is 0 Å². The molecule has 0 spiro atoms. The van der Waals surface area contributed by atoms with Gasteiger partial charge in [0.1, 0.15) is 0 Å². The van der Waals surface area contributed by atoms with E-state index in [1.165, 1.54) is 0 Å². The summed E-state index contributed by atoms with van der Waals surface area (Å²) in [7, 11) is 0. The molecular weight excluding hydrogens is 212 g/mol. The normalized spacial score (nSPS) is 10.2. The highest BCUT2D eigenvalue weighted by atomic mass is 32.2. The van der Waals surface area contributed by atoms with Gasteiger partial charge in [0.15, 0.2) is 0 Å². The Morgan fingerprint density at radius 2 is 2.00 bits per heavy atom. The molecule has 0 aliphatic carbocycles. The first-order valence-electron chi connectivity index (χ1n) is 4.75. The number of nitro benzene ring substituents is 1. The molecule has 0 aliphatic rings. The van der Waals surface area contributed by atoms with Gasteiger partial charge in [0.25, 0.3) is 5.69 Å². The summed E-state index contributed by atoms with van der Waals surface area (Å²) >= 11 is 1.80. The molecule has 2 N–H and O–H groups in total. The van der Waals surface area contributed by atoms with Gasteiger partial charge in [-0.3, -0.25) is 10.1 Å². The van der Waals surface area contributed by atoms with E-state index >= 15 is 0 Å². The lowest BCUT2D eigenvalue weighted by atomic mass is 10.2. The van der Waals surface area contributed by atoms with E-state index in [0.29, 0.717) is 6.54 Å². The Labute approximate surface area is 93.0 Å². The van der Waals surface area contributed by atoms with Gasteiger partial charge in [-0.15, -0.1) is 0 Å². The van der Waals surface area contributed by atoms with Crippen LogP contribution in [0.4, 0.5) is 5.69 Å². The zero-order valence-electron chi connectivity index (χ0n) is 8.39. The van der Waals surface area contributed by atoms with Gasteiger partial charge >= 0.3 is 0 Å². The van der Waals surface area contributed by atoms with Crippen molar-refractivity contribution in [3.63, 3.8) is 0 Å². The van der Waals surface area contributed by atoms with Crippen molar-refractivity contribution in [2.75, 3.05) is 12.3 Å². The van der Waals surface area contributed by atoms with Gasteiger partial charge in [0, 0.05) is 17.9 Å². The van der Waals surface area contributed by atoms with Gasteiger partial charge in [-0.2, -0.15) is 11.8 Å². The van der Waals surface area contributed by atoms with Crippen LogP contribution in [0.2, 0.25) is 0 Å². The Balaban J connectivity index is 2.39. The minimum atomic E-state index is -0.384. The Morgan fingerprint density at radius 1 is 1.33 bits per heavy atom. The molecule has 0 unspecified atom stereocenters. The number of non-ortho nitro benzene ring substituents is 1. The molecule has 0 bridgehead atoms. The van der Waals surface area contributed by atoms with Crippen LogP contribution < -0.4 is 5.73 Å². The first-order chi connectivity index (χ1) is 7.24. The highest BCUT2D eigenvalue weighted by molar-refractivity contribution is 7.98. The molecule has 0 amide bonds. The quantitative estimate of drug-likeness (QED) is 0.458. The van der Waals surface area contributed by atoms with E-state index in [-0.39, 0.29) is 10.6 Å². The first kappa shape index (κ1) is 12.0. The third kappa shape index (κ3) is 4.31. The second-order valence-corrected chi connectivity index (χ2v) is 4.22. The molecule has 0 aliphatic heterocycles. The van der Waals surface area contributed by atoms with E-state index in [4.69, 9.17) is 5.73 Å². The van der Waals surface area contributed by atoms with Crippen LogP contribution in [0.5, 0.6) is 0 Å². The summed E-state index contributed by atoms with van der Waals surface area (Å²) in [6.45, 7) is 0.716.